The van der Waals surface area contributed by atoms with Crippen LogP contribution in [-0.4, -0.2) is 67.3 Å². The van der Waals surface area contributed by atoms with Crippen molar-refractivity contribution in [3.63, 3.8) is 0 Å². The van der Waals surface area contributed by atoms with Crippen LogP contribution in [-0.2, 0) is 21.2 Å². The molecule has 2 saturated heterocycles. The summed E-state index contributed by atoms with van der Waals surface area (Å²) in [6, 6.07) is 3.32. The van der Waals surface area contributed by atoms with Crippen LogP contribution in [0.3, 0.4) is 0 Å². The maximum Gasteiger partial charge on any atom is 0.236 e. The first-order chi connectivity index (χ1) is 10.4. The summed E-state index contributed by atoms with van der Waals surface area (Å²) in [6.45, 7) is 3.49. The molecule has 122 valence electrons. The summed E-state index contributed by atoms with van der Waals surface area (Å²) >= 11 is 0. The summed E-state index contributed by atoms with van der Waals surface area (Å²) in [5.41, 5.74) is 5.44. The van der Waals surface area contributed by atoms with Crippen molar-refractivity contribution in [2.75, 3.05) is 31.1 Å². The smallest absolute Gasteiger partial charge is 0.236 e. The van der Waals surface area contributed by atoms with Crippen molar-refractivity contribution in [2.24, 2.45) is 5.73 Å². The number of furan rings is 1. The van der Waals surface area contributed by atoms with Gasteiger partial charge in [0.05, 0.1) is 30.6 Å². The minimum atomic E-state index is -3.13. The number of hydrogen-bond donors (Lipinski definition) is 1. The van der Waals surface area contributed by atoms with Crippen molar-refractivity contribution in [1.29, 1.82) is 0 Å². The van der Waals surface area contributed by atoms with Gasteiger partial charge in [-0.25, -0.2) is 8.42 Å². The second kappa shape index (κ2) is 5.68. The van der Waals surface area contributed by atoms with Gasteiger partial charge in [-0.1, -0.05) is 0 Å². The molecule has 0 spiro atoms. The lowest BCUT2D eigenvalue weighted by Crippen LogP contribution is -2.61. The van der Waals surface area contributed by atoms with E-state index in [9.17, 15) is 13.2 Å². The molecule has 2 aliphatic rings. The van der Waals surface area contributed by atoms with E-state index in [4.69, 9.17) is 10.2 Å². The van der Waals surface area contributed by atoms with Gasteiger partial charge in [0.25, 0.3) is 0 Å². The molecule has 0 radical (unpaired) electrons. The molecule has 8 heteroatoms. The topological polar surface area (TPSA) is 96.9 Å². The van der Waals surface area contributed by atoms with Crippen molar-refractivity contribution in [3.05, 3.63) is 23.7 Å². The van der Waals surface area contributed by atoms with Crippen LogP contribution >= 0.6 is 0 Å². The normalized spacial score (nSPS) is 27.8. The molecule has 2 fully saturated rings. The molecular formula is C14H21N3O4S. The number of amides is 1. The van der Waals surface area contributed by atoms with Gasteiger partial charge in [0, 0.05) is 19.1 Å². The fourth-order valence-electron chi connectivity index (χ4n) is 3.42. The summed E-state index contributed by atoms with van der Waals surface area (Å²) in [6.07, 6.45) is 0. The molecular weight excluding hydrogens is 306 g/mol. The number of fused-ring (bicyclic) bond motifs is 1. The standard InChI is InChI=1S/C14H21N3O4S/c1-10-2-3-11(21-10)7-16-4-5-17(14(18)6-15)13-9-22(19,20)8-12(13)16/h2-3,12-13H,4-9,15H2,1H3. The predicted molar refractivity (Wildman–Crippen MR) is 80.9 cm³/mol. The lowest BCUT2D eigenvalue weighted by Gasteiger charge is -2.43. The zero-order chi connectivity index (χ0) is 15.9. The first-order valence-electron chi connectivity index (χ1n) is 7.39. The summed E-state index contributed by atoms with van der Waals surface area (Å²) in [4.78, 5) is 15.7. The second-order valence-corrected chi connectivity index (χ2v) is 8.14. The Kier molecular flexibility index (Phi) is 4.00. The monoisotopic (exact) mass is 327 g/mol. The van der Waals surface area contributed by atoms with Gasteiger partial charge in [-0.3, -0.25) is 9.69 Å². The Bertz CT molecular complexity index is 669. The van der Waals surface area contributed by atoms with E-state index in [0.717, 1.165) is 11.5 Å². The summed E-state index contributed by atoms with van der Waals surface area (Å²) < 4.78 is 29.7. The Labute approximate surface area is 130 Å². The highest BCUT2D eigenvalue weighted by Gasteiger charge is 2.47. The van der Waals surface area contributed by atoms with Crippen LogP contribution in [0.2, 0.25) is 0 Å². The zero-order valence-corrected chi connectivity index (χ0v) is 13.4. The van der Waals surface area contributed by atoms with Crippen LogP contribution in [0.25, 0.3) is 0 Å². The molecule has 0 saturated carbocycles. The van der Waals surface area contributed by atoms with Crippen molar-refractivity contribution in [2.45, 2.75) is 25.6 Å². The molecule has 3 rings (SSSR count). The van der Waals surface area contributed by atoms with E-state index in [1.807, 2.05) is 19.1 Å². The van der Waals surface area contributed by atoms with Crippen LogP contribution in [0.15, 0.2) is 16.5 Å². The number of aryl methyl sites for hydroxylation is 1. The molecule has 22 heavy (non-hydrogen) atoms. The van der Waals surface area contributed by atoms with Crippen molar-refractivity contribution in [3.8, 4) is 0 Å². The lowest BCUT2D eigenvalue weighted by molar-refractivity contribution is -0.135. The lowest BCUT2D eigenvalue weighted by atomic mass is 10.0. The van der Waals surface area contributed by atoms with Gasteiger partial charge in [0.2, 0.25) is 5.91 Å². The predicted octanol–water partition coefficient (Wildman–Crippen LogP) is -0.643. The highest BCUT2D eigenvalue weighted by molar-refractivity contribution is 7.91. The van der Waals surface area contributed by atoms with Gasteiger partial charge in [0.15, 0.2) is 9.84 Å². The highest BCUT2D eigenvalue weighted by Crippen LogP contribution is 2.28. The Balaban J connectivity index is 1.81. The van der Waals surface area contributed by atoms with E-state index < -0.39 is 9.84 Å². The third kappa shape index (κ3) is 2.90. The molecule has 7 nitrogen and oxygen atoms in total. The number of nitrogens with two attached hydrogens (primary N) is 1. The van der Waals surface area contributed by atoms with E-state index in [2.05, 4.69) is 4.90 Å². The molecule has 2 unspecified atom stereocenters. The number of hydrogen-bond acceptors (Lipinski definition) is 6. The first kappa shape index (κ1) is 15.5. The van der Waals surface area contributed by atoms with Crippen molar-refractivity contribution in [1.82, 2.24) is 9.80 Å². The molecule has 1 aromatic heterocycles. The van der Waals surface area contributed by atoms with Gasteiger partial charge in [-0.2, -0.15) is 0 Å². The van der Waals surface area contributed by atoms with Gasteiger partial charge in [0.1, 0.15) is 11.5 Å². The van der Waals surface area contributed by atoms with E-state index in [1.165, 1.54) is 0 Å². The zero-order valence-electron chi connectivity index (χ0n) is 12.6. The SMILES string of the molecule is Cc1ccc(CN2CCN(C(=O)CN)C3CS(=O)(=O)CC32)o1. The largest absolute Gasteiger partial charge is 0.465 e. The molecule has 2 N–H and O–H groups in total. The van der Waals surface area contributed by atoms with Crippen LogP contribution in [0.5, 0.6) is 0 Å². The summed E-state index contributed by atoms with van der Waals surface area (Å²) in [5.74, 6) is 1.59. The van der Waals surface area contributed by atoms with E-state index in [-0.39, 0.29) is 36.0 Å². The Morgan fingerprint density at radius 3 is 2.68 bits per heavy atom. The average molecular weight is 327 g/mol. The summed E-state index contributed by atoms with van der Waals surface area (Å²) in [5, 5.41) is 0. The number of piperazine rings is 1. The van der Waals surface area contributed by atoms with E-state index in [0.29, 0.717) is 19.6 Å². The second-order valence-electron chi connectivity index (χ2n) is 5.99. The van der Waals surface area contributed by atoms with Crippen LogP contribution < -0.4 is 5.73 Å². The van der Waals surface area contributed by atoms with Gasteiger partial charge < -0.3 is 15.1 Å². The van der Waals surface area contributed by atoms with Crippen LogP contribution in [0.1, 0.15) is 11.5 Å². The number of nitrogens with zero attached hydrogens (tertiary/aromatic N) is 2. The Hall–Kier alpha value is -1.38. The molecule has 0 aromatic carbocycles. The molecule has 1 amide bonds. The molecule has 1 aromatic rings. The van der Waals surface area contributed by atoms with Crippen LogP contribution in [0.4, 0.5) is 0 Å². The third-order valence-electron chi connectivity index (χ3n) is 4.44. The minimum absolute atomic E-state index is 0.0249. The van der Waals surface area contributed by atoms with Gasteiger partial charge in [-0.05, 0) is 19.1 Å². The van der Waals surface area contributed by atoms with Crippen molar-refractivity contribution < 1.29 is 17.6 Å². The molecule has 3 heterocycles. The van der Waals surface area contributed by atoms with E-state index >= 15 is 0 Å². The number of carbonyl (C=O) groups is 1. The number of carbonyl (C=O) groups excluding carboxylic acids is 1. The maximum absolute atomic E-state index is 12.0. The van der Waals surface area contributed by atoms with Gasteiger partial charge >= 0.3 is 0 Å². The molecule has 2 atom stereocenters. The average Bonchev–Trinajstić information content (AvgIpc) is 3.00. The third-order valence-corrected chi connectivity index (χ3v) is 6.14. The number of rotatable bonds is 3. The van der Waals surface area contributed by atoms with Crippen LogP contribution in [0, 0.1) is 6.92 Å². The quantitative estimate of drug-likeness (QED) is 0.793. The van der Waals surface area contributed by atoms with E-state index in [1.54, 1.807) is 4.90 Å². The Morgan fingerprint density at radius 1 is 1.32 bits per heavy atom. The summed E-state index contributed by atoms with van der Waals surface area (Å²) in [7, 11) is -3.13. The molecule has 0 bridgehead atoms. The fourth-order valence-corrected chi connectivity index (χ4v) is 5.43. The number of sulfone groups is 1. The highest BCUT2D eigenvalue weighted by atomic mass is 32.2. The molecule has 0 aliphatic carbocycles. The minimum Gasteiger partial charge on any atom is -0.465 e. The maximum atomic E-state index is 12.0. The fraction of sp³-hybridized carbons (Fsp3) is 0.643. The molecule has 2 aliphatic heterocycles. The van der Waals surface area contributed by atoms with Crippen molar-refractivity contribution >= 4 is 15.7 Å². The van der Waals surface area contributed by atoms with Gasteiger partial charge in [-0.15, -0.1) is 0 Å². The Morgan fingerprint density at radius 2 is 2.05 bits per heavy atom. The first-order valence-corrected chi connectivity index (χ1v) is 9.21.